The van der Waals surface area contributed by atoms with Crippen molar-refractivity contribution < 1.29 is 4.12 Å². The lowest BCUT2D eigenvalue weighted by Gasteiger charge is -1.67. The summed E-state index contributed by atoms with van der Waals surface area (Å²) >= 11 is 0. The van der Waals surface area contributed by atoms with Crippen LogP contribution in [-0.4, -0.2) is 21.0 Å². The molecule has 0 saturated heterocycles. The van der Waals surface area contributed by atoms with Crippen molar-refractivity contribution in [1.82, 2.24) is 0 Å². The zero-order valence-corrected chi connectivity index (χ0v) is 9.94. The van der Waals surface area contributed by atoms with Gasteiger partial charge in [0, 0.05) is 0 Å². The van der Waals surface area contributed by atoms with Gasteiger partial charge in [-0.05, 0) is 0 Å². The molecule has 1 nitrogen and oxygen atoms in total. The number of hydrogen-bond acceptors (Lipinski definition) is 1. The van der Waals surface area contributed by atoms with Gasteiger partial charge in [0.15, 0.2) is 0 Å². The average Bonchev–Trinajstić information content (AvgIpc) is 2.17. The Hall–Kier alpha value is 0.394. The van der Waals surface area contributed by atoms with Crippen LogP contribution in [0.5, 0.6) is 0 Å². The molecule has 50 valence electrons. The molecule has 0 aromatic rings. The zero-order chi connectivity index (χ0) is 6.24. The molecule has 1 fully saturated rings. The van der Waals surface area contributed by atoms with Crippen LogP contribution in [0.3, 0.4) is 0 Å². The average molecular weight is 148 g/mol. The van der Waals surface area contributed by atoms with E-state index in [2.05, 4.69) is 4.12 Å². The summed E-state index contributed by atoms with van der Waals surface area (Å²) in [4.78, 5) is 0. The lowest BCUT2D eigenvalue weighted by molar-refractivity contribution is 0.690. The van der Waals surface area contributed by atoms with Crippen molar-refractivity contribution in [3.8, 4) is 0 Å². The molecule has 0 bridgehead atoms. The monoisotopic (exact) mass is 148 g/mol. The van der Waals surface area contributed by atoms with Gasteiger partial charge >= 0.3 is 0 Å². The molecule has 1 aliphatic carbocycles. The highest BCUT2D eigenvalue weighted by Gasteiger charge is 1.95. The topological polar surface area (TPSA) is 9.23 Å². The van der Waals surface area contributed by atoms with E-state index in [0.29, 0.717) is 0 Å². The summed E-state index contributed by atoms with van der Waals surface area (Å²) in [5.74, 6) is 0. The van der Waals surface area contributed by atoms with E-state index in [4.69, 9.17) is 0 Å². The molecule has 1 aliphatic rings. The van der Waals surface area contributed by atoms with E-state index in [1.54, 1.807) is 0 Å². The van der Waals surface area contributed by atoms with Crippen LogP contribution in [0.1, 0.15) is 32.1 Å². The predicted molar refractivity (Wildman–Crippen MR) is 44.0 cm³/mol. The van der Waals surface area contributed by atoms with Crippen LogP contribution in [0.4, 0.5) is 0 Å². The van der Waals surface area contributed by atoms with Gasteiger partial charge < -0.3 is 4.12 Å². The van der Waals surface area contributed by atoms with Crippen LogP contribution in [0.15, 0.2) is 0 Å². The first kappa shape index (κ1) is 8.39. The Labute approximate surface area is 57.9 Å². The van der Waals surface area contributed by atoms with E-state index in [1.807, 2.05) is 0 Å². The second-order valence-electron chi connectivity index (χ2n) is 2.18. The van der Waals surface area contributed by atoms with Crippen LogP contribution in [0, 0.1) is 0 Å². The molecule has 3 heteroatoms. The first-order valence-corrected chi connectivity index (χ1v) is 4.95. The van der Waals surface area contributed by atoms with Crippen molar-refractivity contribution in [3.63, 3.8) is 0 Å². The Morgan fingerprint density at radius 1 is 0.750 bits per heavy atom. The molecular formula is C5H16OSi2. The Balaban J connectivity index is 0.000000145. The normalized spacial score (nSPS) is 18.0. The summed E-state index contributed by atoms with van der Waals surface area (Å²) in [6.45, 7) is 0. The van der Waals surface area contributed by atoms with E-state index >= 15 is 0 Å². The lowest BCUT2D eigenvalue weighted by Crippen LogP contribution is -1.65. The second kappa shape index (κ2) is 7.39. The van der Waals surface area contributed by atoms with Gasteiger partial charge in [0.2, 0.25) is 0 Å². The van der Waals surface area contributed by atoms with E-state index < -0.39 is 0 Å². The van der Waals surface area contributed by atoms with Crippen LogP contribution in [-0.2, 0) is 4.12 Å². The lowest BCUT2D eigenvalue weighted by atomic mass is 10.4. The van der Waals surface area contributed by atoms with Crippen molar-refractivity contribution in [1.29, 1.82) is 0 Å². The summed E-state index contributed by atoms with van der Waals surface area (Å²) in [6, 6.07) is 0. The fourth-order valence-electron chi connectivity index (χ4n) is 0.884. The van der Waals surface area contributed by atoms with E-state index in [-0.39, 0.29) is 0 Å². The van der Waals surface area contributed by atoms with Crippen LogP contribution in [0.25, 0.3) is 0 Å². The van der Waals surface area contributed by atoms with Crippen molar-refractivity contribution in [3.05, 3.63) is 0 Å². The summed E-state index contributed by atoms with van der Waals surface area (Å²) in [5, 5.41) is 0. The van der Waals surface area contributed by atoms with E-state index in [9.17, 15) is 0 Å². The molecule has 1 saturated carbocycles. The maximum Gasteiger partial charge on any atom is 0.129 e. The third kappa shape index (κ3) is 6.39. The van der Waals surface area contributed by atoms with Crippen molar-refractivity contribution in [2.24, 2.45) is 0 Å². The Morgan fingerprint density at radius 3 is 1.00 bits per heavy atom. The fourth-order valence-corrected chi connectivity index (χ4v) is 0.884. The molecule has 0 atom stereocenters. The first-order chi connectivity index (χ1) is 3.91. The molecule has 0 heterocycles. The Bertz CT molecular complexity index is 29.8. The van der Waals surface area contributed by atoms with Gasteiger partial charge in [0.1, 0.15) is 21.0 Å². The third-order valence-corrected chi connectivity index (χ3v) is 1.25. The quantitative estimate of drug-likeness (QED) is 0.422. The molecule has 0 aromatic heterocycles. The Morgan fingerprint density at radius 2 is 0.875 bits per heavy atom. The predicted octanol–water partition coefficient (Wildman–Crippen LogP) is -0.486. The molecule has 0 N–H and O–H groups in total. The minimum Gasteiger partial charge on any atom is -0.471 e. The largest absolute Gasteiger partial charge is 0.471 e. The van der Waals surface area contributed by atoms with E-state index in [0.717, 1.165) is 21.0 Å². The highest BCUT2D eigenvalue weighted by Crippen LogP contribution is 2.15. The first-order valence-electron chi connectivity index (χ1n) is 3.32. The minimum absolute atomic E-state index is 0.931. The maximum absolute atomic E-state index is 4.53. The zero-order valence-electron chi connectivity index (χ0n) is 5.94. The molecular weight excluding hydrogens is 132 g/mol. The van der Waals surface area contributed by atoms with E-state index in [1.165, 1.54) is 32.1 Å². The highest BCUT2D eigenvalue weighted by atomic mass is 28.3. The molecule has 0 amide bonds. The molecule has 0 aromatic carbocycles. The number of rotatable bonds is 0. The van der Waals surface area contributed by atoms with Crippen molar-refractivity contribution in [2.75, 3.05) is 0 Å². The van der Waals surface area contributed by atoms with Gasteiger partial charge in [0.05, 0.1) is 0 Å². The van der Waals surface area contributed by atoms with Gasteiger partial charge in [-0.1, -0.05) is 32.1 Å². The van der Waals surface area contributed by atoms with Gasteiger partial charge in [-0.15, -0.1) is 0 Å². The highest BCUT2D eigenvalue weighted by molar-refractivity contribution is 6.15. The SMILES string of the molecule is C1CCCC1.[SiH3]O[SiH3]. The summed E-state index contributed by atoms with van der Waals surface area (Å²) in [7, 11) is 1.86. The maximum atomic E-state index is 4.53. The molecule has 0 radical (unpaired) electrons. The molecule has 0 aliphatic heterocycles. The standard InChI is InChI=1S/C5H10.H6OSi2/c1-2-4-5-3-1;2-1-3/h1-5H2;2-3H3. The fraction of sp³-hybridized carbons (Fsp3) is 1.00. The van der Waals surface area contributed by atoms with Gasteiger partial charge in [-0.25, -0.2) is 0 Å². The summed E-state index contributed by atoms with van der Waals surface area (Å²) in [6.07, 6.45) is 7.50. The van der Waals surface area contributed by atoms with Crippen LogP contribution < -0.4 is 0 Å². The Kier molecular flexibility index (Phi) is 7.76. The van der Waals surface area contributed by atoms with Crippen LogP contribution >= 0.6 is 0 Å². The summed E-state index contributed by atoms with van der Waals surface area (Å²) < 4.78 is 4.53. The van der Waals surface area contributed by atoms with Gasteiger partial charge in [-0.2, -0.15) is 0 Å². The smallest absolute Gasteiger partial charge is 0.129 e. The van der Waals surface area contributed by atoms with Gasteiger partial charge in [0.25, 0.3) is 0 Å². The third-order valence-electron chi connectivity index (χ3n) is 1.25. The van der Waals surface area contributed by atoms with Crippen LogP contribution in [0.2, 0.25) is 0 Å². The van der Waals surface area contributed by atoms with Crippen molar-refractivity contribution in [2.45, 2.75) is 32.1 Å². The molecule has 1 rings (SSSR count). The number of hydrogen-bond donors (Lipinski definition) is 0. The molecule has 0 spiro atoms. The van der Waals surface area contributed by atoms with Crippen molar-refractivity contribution >= 4 is 21.0 Å². The second-order valence-corrected chi connectivity index (χ2v) is 5.44. The van der Waals surface area contributed by atoms with Gasteiger partial charge in [-0.3, -0.25) is 0 Å². The summed E-state index contributed by atoms with van der Waals surface area (Å²) in [5.41, 5.74) is 0. The minimum atomic E-state index is 0.931. The molecule has 0 unspecified atom stereocenters. The molecule has 8 heavy (non-hydrogen) atoms.